The molecule has 1 rings (SSSR count). The molecule has 0 saturated heterocycles. The van der Waals surface area contributed by atoms with Crippen LogP contribution in [-0.4, -0.2) is 12.9 Å². The van der Waals surface area contributed by atoms with Gasteiger partial charge in [-0.1, -0.05) is 0 Å². The zero-order valence-electron chi connectivity index (χ0n) is 7.84. The SMILES string of the molecule is COc1cc(N=C(C)N)c(Br)cc1Br. The van der Waals surface area contributed by atoms with Crippen LogP contribution in [0.1, 0.15) is 6.92 Å². The molecule has 0 aliphatic rings. The number of hydrogen-bond donors (Lipinski definition) is 1. The lowest BCUT2D eigenvalue weighted by atomic mass is 10.3. The first-order valence-electron chi connectivity index (χ1n) is 3.88. The number of benzene rings is 1. The molecule has 0 radical (unpaired) electrons. The molecular formula is C9H10Br2N2O. The lowest BCUT2D eigenvalue weighted by Crippen LogP contribution is -2.03. The molecule has 0 aliphatic heterocycles. The summed E-state index contributed by atoms with van der Waals surface area (Å²) in [5, 5.41) is 0. The molecule has 0 amide bonds. The average molecular weight is 322 g/mol. The molecule has 3 nitrogen and oxygen atoms in total. The fourth-order valence-corrected chi connectivity index (χ4v) is 2.19. The molecule has 0 atom stereocenters. The van der Waals surface area contributed by atoms with Crippen molar-refractivity contribution in [3.63, 3.8) is 0 Å². The van der Waals surface area contributed by atoms with Gasteiger partial charge in [-0.25, -0.2) is 4.99 Å². The zero-order valence-corrected chi connectivity index (χ0v) is 11.0. The van der Waals surface area contributed by atoms with Crippen molar-refractivity contribution in [2.24, 2.45) is 10.7 Å². The zero-order chi connectivity index (χ0) is 10.7. The van der Waals surface area contributed by atoms with E-state index in [9.17, 15) is 0 Å². The van der Waals surface area contributed by atoms with E-state index in [2.05, 4.69) is 36.9 Å². The molecular weight excluding hydrogens is 312 g/mol. The van der Waals surface area contributed by atoms with E-state index in [1.807, 2.05) is 12.1 Å². The summed E-state index contributed by atoms with van der Waals surface area (Å²) >= 11 is 6.76. The van der Waals surface area contributed by atoms with Crippen molar-refractivity contribution in [3.05, 3.63) is 21.1 Å². The Labute approximate surface area is 99.6 Å². The molecule has 0 aliphatic carbocycles. The predicted molar refractivity (Wildman–Crippen MR) is 65.4 cm³/mol. The Bertz CT molecular complexity index is 373. The Morgan fingerprint density at radius 3 is 2.50 bits per heavy atom. The van der Waals surface area contributed by atoms with Gasteiger partial charge in [0.25, 0.3) is 0 Å². The molecule has 2 N–H and O–H groups in total. The minimum Gasteiger partial charge on any atom is -0.495 e. The third kappa shape index (κ3) is 2.72. The lowest BCUT2D eigenvalue weighted by molar-refractivity contribution is 0.412. The minimum absolute atomic E-state index is 0.509. The van der Waals surface area contributed by atoms with Gasteiger partial charge in [-0.2, -0.15) is 0 Å². The fraction of sp³-hybridized carbons (Fsp3) is 0.222. The van der Waals surface area contributed by atoms with E-state index in [1.54, 1.807) is 14.0 Å². The number of nitrogens with two attached hydrogens (primary N) is 1. The Morgan fingerprint density at radius 1 is 1.36 bits per heavy atom. The van der Waals surface area contributed by atoms with Gasteiger partial charge in [-0.3, -0.25) is 0 Å². The molecule has 76 valence electrons. The number of rotatable bonds is 2. The standard InChI is InChI=1S/C9H10Br2N2O/c1-5(12)13-8-4-9(14-2)7(11)3-6(8)10/h3-4H,1-2H3,(H2,12,13). The van der Waals surface area contributed by atoms with Crippen LogP contribution in [0.15, 0.2) is 26.1 Å². The summed E-state index contributed by atoms with van der Waals surface area (Å²) in [6, 6.07) is 3.69. The van der Waals surface area contributed by atoms with Crippen molar-refractivity contribution in [1.29, 1.82) is 0 Å². The molecule has 0 heterocycles. The lowest BCUT2D eigenvalue weighted by Gasteiger charge is -2.06. The predicted octanol–water partition coefficient (Wildman–Crippen LogP) is 3.23. The van der Waals surface area contributed by atoms with Gasteiger partial charge in [0.2, 0.25) is 0 Å². The summed E-state index contributed by atoms with van der Waals surface area (Å²) in [6.45, 7) is 1.74. The second-order valence-corrected chi connectivity index (χ2v) is 4.40. The summed E-state index contributed by atoms with van der Waals surface area (Å²) in [4.78, 5) is 4.16. The molecule has 1 aromatic rings. The van der Waals surface area contributed by atoms with E-state index in [1.165, 1.54) is 0 Å². The van der Waals surface area contributed by atoms with Gasteiger partial charge in [0.1, 0.15) is 5.75 Å². The number of amidine groups is 1. The van der Waals surface area contributed by atoms with Crippen LogP contribution in [0.25, 0.3) is 0 Å². The number of nitrogens with zero attached hydrogens (tertiary/aromatic N) is 1. The van der Waals surface area contributed by atoms with Crippen LogP contribution in [0.4, 0.5) is 5.69 Å². The first kappa shape index (κ1) is 11.5. The van der Waals surface area contributed by atoms with Crippen LogP contribution >= 0.6 is 31.9 Å². The Morgan fingerprint density at radius 2 is 2.00 bits per heavy atom. The first-order valence-corrected chi connectivity index (χ1v) is 5.47. The fourth-order valence-electron chi connectivity index (χ4n) is 0.950. The van der Waals surface area contributed by atoms with Crippen molar-refractivity contribution >= 4 is 43.4 Å². The monoisotopic (exact) mass is 320 g/mol. The smallest absolute Gasteiger partial charge is 0.135 e. The van der Waals surface area contributed by atoms with Crippen LogP contribution in [0.3, 0.4) is 0 Å². The topological polar surface area (TPSA) is 47.6 Å². The van der Waals surface area contributed by atoms with Gasteiger partial charge in [0, 0.05) is 10.5 Å². The van der Waals surface area contributed by atoms with Gasteiger partial charge in [-0.15, -0.1) is 0 Å². The largest absolute Gasteiger partial charge is 0.495 e. The highest BCUT2D eigenvalue weighted by Gasteiger charge is 2.06. The van der Waals surface area contributed by atoms with Crippen LogP contribution in [0.2, 0.25) is 0 Å². The molecule has 5 heteroatoms. The van der Waals surface area contributed by atoms with Crippen molar-refractivity contribution < 1.29 is 4.74 Å². The highest BCUT2D eigenvalue weighted by molar-refractivity contribution is 9.11. The summed E-state index contributed by atoms with van der Waals surface area (Å²) in [5.41, 5.74) is 6.25. The third-order valence-electron chi connectivity index (χ3n) is 1.52. The summed E-state index contributed by atoms with van der Waals surface area (Å²) in [7, 11) is 1.61. The van der Waals surface area contributed by atoms with Gasteiger partial charge >= 0.3 is 0 Å². The minimum atomic E-state index is 0.509. The van der Waals surface area contributed by atoms with Gasteiger partial charge in [0.15, 0.2) is 0 Å². The van der Waals surface area contributed by atoms with E-state index >= 15 is 0 Å². The van der Waals surface area contributed by atoms with Crippen molar-refractivity contribution in [2.45, 2.75) is 6.92 Å². The summed E-state index contributed by atoms with van der Waals surface area (Å²) in [6.07, 6.45) is 0. The van der Waals surface area contributed by atoms with Gasteiger partial charge < -0.3 is 10.5 Å². The van der Waals surface area contributed by atoms with Crippen molar-refractivity contribution in [1.82, 2.24) is 0 Å². The molecule has 0 spiro atoms. The van der Waals surface area contributed by atoms with Crippen LogP contribution in [-0.2, 0) is 0 Å². The average Bonchev–Trinajstić information content (AvgIpc) is 2.09. The quantitative estimate of drug-likeness (QED) is 0.671. The highest BCUT2D eigenvalue weighted by atomic mass is 79.9. The molecule has 0 aromatic heterocycles. The normalized spacial score (nSPS) is 11.6. The third-order valence-corrected chi connectivity index (χ3v) is 2.77. The van der Waals surface area contributed by atoms with E-state index in [0.29, 0.717) is 5.84 Å². The second kappa shape index (κ2) is 4.79. The van der Waals surface area contributed by atoms with E-state index in [-0.39, 0.29) is 0 Å². The Balaban J connectivity index is 3.24. The second-order valence-electron chi connectivity index (χ2n) is 2.69. The number of ether oxygens (including phenoxy) is 1. The molecule has 1 aromatic carbocycles. The molecule has 14 heavy (non-hydrogen) atoms. The molecule has 0 bridgehead atoms. The van der Waals surface area contributed by atoms with Crippen LogP contribution in [0, 0.1) is 0 Å². The highest BCUT2D eigenvalue weighted by Crippen LogP contribution is 2.36. The molecule has 0 fully saturated rings. The van der Waals surface area contributed by atoms with Crippen LogP contribution < -0.4 is 10.5 Å². The van der Waals surface area contributed by atoms with Gasteiger partial charge in [-0.05, 0) is 44.8 Å². The maximum atomic E-state index is 5.50. The maximum absolute atomic E-state index is 5.50. The Kier molecular flexibility index (Phi) is 3.95. The van der Waals surface area contributed by atoms with E-state index in [0.717, 1.165) is 20.4 Å². The molecule has 0 unspecified atom stereocenters. The summed E-state index contributed by atoms with van der Waals surface area (Å²) < 4.78 is 6.89. The maximum Gasteiger partial charge on any atom is 0.135 e. The van der Waals surface area contributed by atoms with Crippen molar-refractivity contribution in [2.75, 3.05) is 7.11 Å². The van der Waals surface area contributed by atoms with Crippen LogP contribution in [0.5, 0.6) is 5.75 Å². The number of halogens is 2. The Hall–Kier alpha value is -0.550. The van der Waals surface area contributed by atoms with E-state index in [4.69, 9.17) is 10.5 Å². The van der Waals surface area contributed by atoms with Gasteiger partial charge in [0.05, 0.1) is 23.1 Å². The van der Waals surface area contributed by atoms with E-state index < -0.39 is 0 Å². The number of hydrogen-bond acceptors (Lipinski definition) is 2. The molecule has 0 saturated carbocycles. The number of aliphatic imine (C=N–C) groups is 1. The number of methoxy groups -OCH3 is 1. The first-order chi connectivity index (χ1) is 6.54. The van der Waals surface area contributed by atoms with Crippen molar-refractivity contribution in [3.8, 4) is 5.75 Å². The summed E-state index contributed by atoms with van der Waals surface area (Å²) in [5.74, 6) is 1.24.